The normalized spacial score (nSPS) is 15.3. The molecule has 17 heteroatoms. The minimum Gasteiger partial charge on any atom is -0.469 e. The largest absolute Gasteiger partial charge is 0.469 e. The molecule has 0 saturated carbocycles. The van der Waals surface area contributed by atoms with Gasteiger partial charge in [0.05, 0.1) is 13.0 Å². The second-order valence-electron chi connectivity index (χ2n) is 11.8. The molecule has 48 heavy (non-hydrogen) atoms. The molecule has 0 unspecified atom stereocenters. The Hall–Kier alpha value is -3.73. The van der Waals surface area contributed by atoms with Crippen LogP contribution in [0.15, 0.2) is 35.7 Å². The van der Waals surface area contributed by atoms with E-state index in [1.54, 1.807) is 20.8 Å². The van der Waals surface area contributed by atoms with E-state index in [0.29, 0.717) is 11.3 Å². The number of methoxy groups -OCH3 is 1. The molecule has 1 aromatic heterocycles. The van der Waals surface area contributed by atoms with Crippen molar-refractivity contribution in [2.24, 2.45) is 23.5 Å². The molecule has 2 amide bonds. The summed E-state index contributed by atoms with van der Waals surface area (Å²) in [5, 5.41) is 4.34. The highest BCUT2D eigenvalue weighted by Gasteiger charge is 2.61. The van der Waals surface area contributed by atoms with E-state index in [9.17, 15) is 45.5 Å². The van der Waals surface area contributed by atoms with E-state index in [2.05, 4.69) is 10.3 Å². The number of carbonyl (C=O) groups excluding carboxylic acids is 4. The first-order valence-corrected chi connectivity index (χ1v) is 15.8. The number of nitrogens with two attached hydrogens (primary N) is 1. The molecule has 0 radical (unpaired) electrons. The number of benzene rings is 1. The van der Waals surface area contributed by atoms with E-state index >= 15 is 0 Å². The summed E-state index contributed by atoms with van der Waals surface area (Å²) in [6, 6.07) is 4.64. The number of hydrogen-bond acceptors (Lipinski definition) is 9. The summed E-state index contributed by atoms with van der Waals surface area (Å²) < 4.78 is 90.1. The van der Waals surface area contributed by atoms with Gasteiger partial charge in [-0.15, -0.1) is 11.3 Å². The Labute approximate surface area is 278 Å². The third kappa shape index (κ3) is 11.5. The summed E-state index contributed by atoms with van der Waals surface area (Å²) in [6.45, 7) is 5.88. The molecule has 0 aliphatic rings. The van der Waals surface area contributed by atoms with Crippen molar-refractivity contribution in [2.45, 2.75) is 83.5 Å². The summed E-state index contributed by atoms with van der Waals surface area (Å²) in [6.07, 6.45) is -12.6. The quantitative estimate of drug-likeness (QED) is 0.189. The number of hydrogen-bond donors (Lipinski definition) is 2. The molecule has 0 spiro atoms. The lowest BCUT2D eigenvalue weighted by molar-refractivity contribution is -0.288. The van der Waals surface area contributed by atoms with E-state index in [4.69, 9.17) is 15.2 Å². The second-order valence-corrected chi connectivity index (χ2v) is 12.7. The lowest BCUT2D eigenvalue weighted by Crippen LogP contribution is -2.58. The van der Waals surface area contributed by atoms with Crippen molar-refractivity contribution in [3.8, 4) is 0 Å². The highest BCUT2D eigenvalue weighted by atomic mass is 32.1. The summed E-state index contributed by atoms with van der Waals surface area (Å²) in [4.78, 5) is 55.4. The molecule has 10 nitrogen and oxygen atoms in total. The molecule has 0 aliphatic carbocycles. The van der Waals surface area contributed by atoms with E-state index < -0.39 is 78.1 Å². The monoisotopic (exact) mass is 710 g/mol. The van der Waals surface area contributed by atoms with E-state index in [0.717, 1.165) is 30.9 Å². The molecule has 0 fully saturated rings. The number of esters is 2. The van der Waals surface area contributed by atoms with Gasteiger partial charge in [-0.1, -0.05) is 51.1 Å². The number of alkyl halides is 6. The zero-order valence-corrected chi connectivity index (χ0v) is 28.0. The average molecular weight is 711 g/mol. The number of halogens is 6. The number of rotatable bonds is 15. The van der Waals surface area contributed by atoms with Crippen molar-refractivity contribution in [3.05, 3.63) is 52.0 Å². The van der Waals surface area contributed by atoms with Crippen LogP contribution in [0.3, 0.4) is 0 Å². The van der Waals surface area contributed by atoms with Gasteiger partial charge in [-0.05, 0) is 24.3 Å². The predicted octanol–water partition coefficient (Wildman–Crippen LogP) is 5.23. The van der Waals surface area contributed by atoms with Gasteiger partial charge in [-0.2, -0.15) is 26.3 Å². The molecule has 5 atom stereocenters. The van der Waals surface area contributed by atoms with Gasteiger partial charge in [0.2, 0.25) is 5.91 Å². The van der Waals surface area contributed by atoms with Crippen molar-refractivity contribution in [1.29, 1.82) is 0 Å². The maximum absolute atomic E-state index is 13.3. The number of thiazole rings is 1. The highest BCUT2D eigenvalue weighted by Crippen LogP contribution is 2.41. The van der Waals surface area contributed by atoms with Crippen molar-refractivity contribution in [1.82, 2.24) is 15.2 Å². The molecule has 2 rings (SSSR count). The van der Waals surface area contributed by atoms with Gasteiger partial charge >= 0.3 is 24.3 Å². The van der Waals surface area contributed by atoms with Crippen LogP contribution in [0.4, 0.5) is 26.3 Å². The molecule has 0 aliphatic heterocycles. The van der Waals surface area contributed by atoms with Crippen molar-refractivity contribution >= 4 is 35.1 Å². The van der Waals surface area contributed by atoms with Crippen LogP contribution < -0.4 is 11.1 Å². The number of aromatic nitrogens is 1. The lowest BCUT2D eigenvalue weighted by Gasteiger charge is -2.36. The molecule has 268 valence electrons. The Morgan fingerprint density at radius 3 is 2.08 bits per heavy atom. The Morgan fingerprint density at radius 2 is 1.58 bits per heavy atom. The summed E-state index contributed by atoms with van der Waals surface area (Å²) >= 11 is 0.924. The zero-order valence-electron chi connectivity index (χ0n) is 27.2. The third-order valence-electron chi connectivity index (χ3n) is 7.66. The standard InChI is InChI=1S/C31H40F6N4O6S/c1-16(2)22(41(5)28(44)24(38)25(30(32,33)34)31(35,36)37)14-23(47-18(4)42)27-40-21(15-48-27)26(43)39-20(12-17(3)29(45)46-6)13-19-10-8-7-9-11-19/h7-11,15-17,20,22-25H,12-14,38H2,1-6H3,(H,39,43)/t17-,20+,22+,23+,24+/m0/s1. The minimum absolute atomic E-state index is 0.0679. The van der Waals surface area contributed by atoms with Gasteiger partial charge in [0.15, 0.2) is 12.0 Å². The SMILES string of the molecule is COC(=O)[C@@H](C)C[C@H](Cc1ccccc1)NC(=O)c1csc([C@@H](C[C@H](C(C)C)N(C)C(=O)[C@H](N)C(C(F)(F)F)C(F)(F)F)OC(C)=O)n1. The van der Waals surface area contributed by atoms with Gasteiger partial charge in [0.1, 0.15) is 16.7 Å². The van der Waals surface area contributed by atoms with Crippen molar-refractivity contribution in [3.63, 3.8) is 0 Å². The molecule has 0 bridgehead atoms. The second kappa shape index (κ2) is 17.1. The average Bonchev–Trinajstić information content (AvgIpc) is 3.47. The van der Waals surface area contributed by atoms with Crippen LogP contribution in [0.1, 0.15) is 67.7 Å². The van der Waals surface area contributed by atoms with Crippen LogP contribution in [-0.4, -0.2) is 78.3 Å². The number of nitrogens with zero attached hydrogens (tertiary/aromatic N) is 2. The first-order chi connectivity index (χ1) is 22.2. The number of nitrogens with one attached hydrogen (secondary N) is 1. The predicted molar refractivity (Wildman–Crippen MR) is 163 cm³/mol. The van der Waals surface area contributed by atoms with Crippen LogP contribution in [0.5, 0.6) is 0 Å². The van der Waals surface area contributed by atoms with Crippen molar-refractivity contribution in [2.75, 3.05) is 14.2 Å². The fourth-order valence-electron chi connectivity index (χ4n) is 5.25. The van der Waals surface area contributed by atoms with E-state index in [1.807, 2.05) is 30.3 Å². The zero-order chi connectivity index (χ0) is 36.6. The van der Waals surface area contributed by atoms with Crippen molar-refractivity contribution < 1.29 is 55.0 Å². The van der Waals surface area contributed by atoms with Gasteiger partial charge < -0.3 is 25.4 Å². The molecular weight excluding hydrogens is 670 g/mol. The number of ether oxygens (including phenoxy) is 2. The van der Waals surface area contributed by atoms with Crippen LogP contribution in [0.25, 0.3) is 0 Å². The van der Waals surface area contributed by atoms with Gasteiger partial charge in [-0.3, -0.25) is 19.2 Å². The molecule has 0 saturated heterocycles. The summed E-state index contributed by atoms with van der Waals surface area (Å²) in [5.41, 5.74) is 6.10. The smallest absolute Gasteiger partial charge is 0.402 e. The first kappa shape index (κ1) is 40.4. The van der Waals surface area contributed by atoms with E-state index in [-0.39, 0.29) is 23.5 Å². The first-order valence-electron chi connectivity index (χ1n) is 14.9. The topological polar surface area (TPSA) is 141 Å². The maximum Gasteiger partial charge on any atom is 0.402 e. The molecule has 1 aromatic carbocycles. The van der Waals surface area contributed by atoms with Gasteiger partial charge in [0.25, 0.3) is 5.91 Å². The number of amides is 2. The lowest BCUT2D eigenvalue weighted by atomic mass is 9.93. The Bertz CT molecular complexity index is 1370. The highest BCUT2D eigenvalue weighted by molar-refractivity contribution is 7.09. The Morgan fingerprint density at radius 1 is 1.00 bits per heavy atom. The van der Waals surface area contributed by atoms with Gasteiger partial charge in [0, 0.05) is 37.9 Å². The summed E-state index contributed by atoms with van der Waals surface area (Å²) in [7, 11) is 2.28. The summed E-state index contributed by atoms with van der Waals surface area (Å²) in [5.74, 6) is -8.68. The molecular formula is C31H40F6N4O6S. The van der Waals surface area contributed by atoms with Crippen LogP contribution >= 0.6 is 11.3 Å². The fraction of sp³-hybridized carbons (Fsp3) is 0.581. The third-order valence-corrected chi connectivity index (χ3v) is 8.60. The van der Waals surface area contributed by atoms with Crippen LogP contribution in [0, 0.1) is 17.8 Å². The minimum atomic E-state index is -5.84. The fourth-order valence-corrected chi connectivity index (χ4v) is 6.08. The Balaban J connectivity index is 2.33. The number of likely N-dealkylation sites (N-methyl/N-ethyl adjacent to an activating group) is 1. The molecule has 3 N–H and O–H groups in total. The molecule has 1 heterocycles. The number of carbonyl (C=O) groups is 4. The Kier molecular flexibility index (Phi) is 14.4. The maximum atomic E-state index is 13.3. The van der Waals surface area contributed by atoms with Gasteiger partial charge in [-0.25, -0.2) is 4.98 Å². The molecule has 2 aromatic rings. The van der Waals surface area contributed by atoms with Crippen LogP contribution in [-0.2, 0) is 30.3 Å². The van der Waals surface area contributed by atoms with Crippen LogP contribution in [0.2, 0.25) is 0 Å². The van der Waals surface area contributed by atoms with E-state index in [1.165, 1.54) is 12.5 Å².